The number of H-pyrrole nitrogens is 1. The molecule has 5 heteroatoms. The molecular weight excluding hydrogens is 257 g/mol. The van der Waals surface area contributed by atoms with Crippen LogP contribution in [0.1, 0.15) is 25.1 Å². The fraction of sp³-hybridized carbons (Fsp3) is 0.333. The first-order valence-electron chi connectivity index (χ1n) is 6.56. The maximum Gasteiger partial charge on any atom is 0.251 e. The van der Waals surface area contributed by atoms with Crippen LogP contribution in [-0.4, -0.2) is 16.0 Å². The maximum absolute atomic E-state index is 13.3. The predicted molar refractivity (Wildman–Crippen MR) is 77.0 cm³/mol. The van der Waals surface area contributed by atoms with Crippen molar-refractivity contribution in [1.29, 1.82) is 0 Å². The number of nitrogens with one attached hydrogen (secondary N) is 2. The minimum absolute atomic E-state index is 0.211. The van der Waals surface area contributed by atoms with Crippen molar-refractivity contribution in [3.63, 3.8) is 0 Å². The molecule has 4 nitrogen and oxygen atoms in total. The zero-order valence-corrected chi connectivity index (χ0v) is 11.8. The first kappa shape index (κ1) is 14.4. The summed E-state index contributed by atoms with van der Waals surface area (Å²) in [5.41, 5.74) is 1.68. The third kappa shape index (κ3) is 3.51. The molecule has 0 aliphatic rings. The van der Waals surface area contributed by atoms with E-state index < -0.39 is 0 Å². The highest BCUT2D eigenvalue weighted by Crippen LogP contribution is 2.17. The van der Waals surface area contributed by atoms with Crippen LogP contribution in [0.15, 0.2) is 29.1 Å². The molecule has 0 fully saturated rings. The molecule has 106 valence electrons. The average molecular weight is 275 g/mol. The Balaban J connectivity index is 2.36. The molecule has 1 aromatic heterocycles. The summed E-state index contributed by atoms with van der Waals surface area (Å²) in [6.07, 6.45) is 0. The lowest BCUT2D eigenvalue weighted by atomic mass is 10.1. The molecular formula is C15H18FN3O. The van der Waals surface area contributed by atoms with Crippen LogP contribution in [-0.2, 0) is 6.54 Å². The Morgan fingerprint density at radius 3 is 2.75 bits per heavy atom. The molecule has 2 rings (SSSR count). The van der Waals surface area contributed by atoms with E-state index in [0.717, 1.165) is 0 Å². The van der Waals surface area contributed by atoms with E-state index in [1.807, 2.05) is 13.8 Å². The number of hydrogen-bond donors (Lipinski definition) is 2. The Morgan fingerprint density at radius 1 is 1.35 bits per heavy atom. The van der Waals surface area contributed by atoms with E-state index in [-0.39, 0.29) is 11.4 Å². The topological polar surface area (TPSA) is 57.8 Å². The van der Waals surface area contributed by atoms with Crippen molar-refractivity contribution >= 4 is 0 Å². The Morgan fingerprint density at radius 2 is 2.10 bits per heavy atom. The maximum atomic E-state index is 13.3. The Bertz CT molecular complexity index is 664. The van der Waals surface area contributed by atoms with Crippen LogP contribution in [0.3, 0.4) is 0 Å². The van der Waals surface area contributed by atoms with Gasteiger partial charge in [-0.05, 0) is 30.7 Å². The standard InChI is InChI=1S/C15H18FN3O/c1-9(2)17-8-12-7-14(20)19-15(18-12)11-4-5-13(16)10(3)6-11/h4-7,9,17H,8H2,1-3H3,(H,18,19,20). The van der Waals surface area contributed by atoms with Gasteiger partial charge >= 0.3 is 0 Å². The summed E-state index contributed by atoms with van der Waals surface area (Å²) in [7, 11) is 0. The highest BCUT2D eigenvalue weighted by Gasteiger charge is 2.06. The fourth-order valence-electron chi connectivity index (χ4n) is 1.84. The molecule has 20 heavy (non-hydrogen) atoms. The number of halogens is 1. The fourth-order valence-corrected chi connectivity index (χ4v) is 1.84. The van der Waals surface area contributed by atoms with Gasteiger partial charge in [0.1, 0.15) is 11.6 Å². The van der Waals surface area contributed by atoms with Gasteiger partial charge in [-0.3, -0.25) is 4.79 Å². The van der Waals surface area contributed by atoms with Gasteiger partial charge < -0.3 is 10.3 Å². The van der Waals surface area contributed by atoms with Crippen LogP contribution >= 0.6 is 0 Å². The van der Waals surface area contributed by atoms with Gasteiger partial charge in [-0.15, -0.1) is 0 Å². The van der Waals surface area contributed by atoms with Crippen LogP contribution in [0.2, 0.25) is 0 Å². The lowest BCUT2D eigenvalue weighted by molar-refractivity contribution is 0.580. The van der Waals surface area contributed by atoms with Crippen molar-refractivity contribution in [3.05, 3.63) is 51.7 Å². The quantitative estimate of drug-likeness (QED) is 0.900. The van der Waals surface area contributed by atoms with Crippen molar-refractivity contribution < 1.29 is 4.39 Å². The summed E-state index contributed by atoms with van der Waals surface area (Å²) in [5, 5.41) is 3.21. The number of nitrogens with zero attached hydrogens (tertiary/aromatic N) is 1. The van der Waals surface area contributed by atoms with Gasteiger partial charge in [0.25, 0.3) is 5.56 Å². The molecule has 0 radical (unpaired) electrons. The van der Waals surface area contributed by atoms with Crippen LogP contribution in [0.25, 0.3) is 11.4 Å². The summed E-state index contributed by atoms with van der Waals surface area (Å²) in [6, 6.07) is 6.44. The van der Waals surface area contributed by atoms with Crippen LogP contribution in [0.5, 0.6) is 0 Å². The number of aryl methyl sites for hydroxylation is 1. The minimum atomic E-state index is -0.270. The molecule has 0 unspecified atom stereocenters. The van der Waals surface area contributed by atoms with Crippen molar-refractivity contribution in [2.75, 3.05) is 0 Å². The first-order valence-corrected chi connectivity index (χ1v) is 6.56. The number of hydrogen-bond acceptors (Lipinski definition) is 3. The van der Waals surface area contributed by atoms with E-state index in [2.05, 4.69) is 15.3 Å². The first-order chi connectivity index (χ1) is 9.45. The smallest absolute Gasteiger partial charge is 0.251 e. The molecule has 0 aliphatic carbocycles. The zero-order valence-electron chi connectivity index (χ0n) is 11.8. The molecule has 0 aliphatic heterocycles. The monoisotopic (exact) mass is 275 g/mol. The molecule has 0 saturated carbocycles. The molecule has 0 amide bonds. The summed E-state index contributed by atoms with van der Waals surface area (Å²) in [6.45, 7) is 6.25. The minimum Gasteiger partial charge on any atom is -0.309 e. The van der Waals surface area contributed by atoms with Gasteiger partial charge in [0.15, 0.2) is 0 Å². The van der Waals surface area contributed by atoms with Crippen molar-refractivity contribution in [3.8, 4) is 11.4 Å². The van der Waals surface area contributed by atoms with Crippen molar-refractivity contribution in [1.82, 2.24) is 15.3 Å². The lowest BCUT2D eigenvalue weighted by Crippen LogP contribution is -2.24. The van der Waals surface area contributed by atoms with Gasteiger partial charge in [0, 0.05) is 24.2 Å². The van der Waals surface area contributed by atoms with Crippen LogP contribution < -0.4 is 10.9 Å². The summed E-state index contributed by atoms with van der Waals surface area (Å²) in [5.74, 6) is 0.190. The molecule has 1 heterocycles. The van der Waals surface area contributed by atoms with Crippen LogP contribution in [0, 0.1) is 12.7 Å². The van der Waals surface area contributed by atoms with E-state index in [4.69, 9.17) is 0 Å². The Labute approximate surface area is 117 Å². The summed E-state index contributed by atoms with van der Waals surface area (Å²) in [4.78, 5) is 18.8. The van der Waals surface area contributed by atoms with Gasteiger partial charge in [-0.25, -0.2) is 9.37 Å². The SMILES string of the molecule is Cc1cc(-c2nc(CNC(C)C)cc(=O)[nH]2)ccc1F. The number of rotatable bonds is 4. The number of aromatic amines is 1. The number of aromatic nitrogens is 2. The highest BCUT2D eigenvalue weighted by atomic mass is 19.1. The zero-order chi connectivity index (χ0) is 14.7. The largest absolute Gasteiger partial charge is 0.309 e. The van der Waals surface area contributed by atoms with E-state index >= 15 is 0 Å². The van der Waals surface area contributed by atoms with E-state index in [0.29, 0.717) is 35.2 Å². The third-order valence-corrected chi connectivity index (χ3v) is 2.92. The molecule has 0 spiro atoms. The lowest BCUT2D eigenvalue weighted by Gasteiger charge is -2.09. The summed E-state index contributed by atoms with van der Waals surface area (Å²) < 4.78 is 13.3. The molecule has 2 aromatic rings. The molecule has 0 atom stereocenters. The van der Waals surface area contributed by atoms with Crippen LogP contribution in [0.4, 0.5) is 4.39 Å². The normalized spacial score (nSPS) is 11.1. The summed E-state index contributed by atoms with van der Waals surface area (Å²) >= 11 is 0. The van der Waals surface area contributed by atoms with Gasteiger partial charge in [0.2, 0.25) is 0 Å². The second-order valence-electron chi connectivity index (χ2n) is 5.08. The van der Waals surface area contributed by atoms with Crippen molar-refractivity contribution in [2.24, 2.45) is 0 Å². The van der Waals surface area contributed by atoms with E-state index in [1.165, 1.54) is 12.1 Å². The van der Waals surface area contributed by atoms with Gasteiger partial charge in [-0.2, -0.15) is 0 Å². The Hall–Kier alpha value is -2.01. The van der Waals surface area contributed by atoms with Gasteiger partial charge in [-0.1, -0.05) is 13.8 Å². The Kier molecular flexibility index (Phi) is 4.29. The molecule has 2 N–H and O–H groups in total. The average Bonchev–Trinajstić information content (AvgIpc) is 2.39. The number of benzene rings is 1. The second-order valence-corrected chi connectivity index (χ2v) is 5.08. The van der Waals surface area contributed by atoms with Gasteiger partial charge in [0.05, 0.1) is 5.69 Å². The highest BCUT2D eigenvalue weighted by molar-refractivity contribution is 5.56. The van der Waals surface area contributed by atoms with Crippen molar-refractivity contribution in [2.45, 2.75) is 33.4 Å². The third-order valence-electron chi connectivity index (χ3n) is 2.92. The van der Waals surface area contributed by atoms with E-state index in [1.54, 1.807) is 19.1 Å². The predicted octanol–water partition coefficient (Wildman–Crippen LogP) is 2.38. The molecule has 1 aromatic carbocycles. The molecule has 0 bridgehead atoms. The molecule has 0 saturated heterocycles. The second kappa shape index (κ2) is 5.96. The van der Waals surface area contributed by atoms with E-state index in [9.17, 15) is 9.18 Å².